The lowest BCUT2D eigenvalue weighted by atomic mass is 10.1. The Balaban J connectivity index is 1.21. The maximum atomic E-state index is 14.1. The summed E-state index contributed by atoms with van der Waals surface area (Å²) in [6, 6.07) is 6.46. The largest absolute Gasteiger partial charge is 0.382 e. The van der Waals surface area contributed by atoms with Gasteiger partial charge in [0.15, 0.2) is 5.13 Å². The third-order valence-electron chi connectivity index (χ3n) is 6.71. The predicted octanol–water partition coefficient (Wildman–Crippen LogP) is 3.52. The molecule has 0 amide bonds. The minimum absolute atomic E-state index is 0.0673. The first-order chi connectivity index (χ1) is 18.5. The number of pyridine rings is 1. The van der Waals surface area contributed by atoms with E-state index in [2.05, 4.69) is 20.3 Å². The number of rotatable bonds is 7. The molecule has 14 heteroatoms. The Morgan fingerprint density at radius 2 is 1.85 bits per heavy atom. The zero-order chi connectivity index (χ0) is 27.9. The van der Waals surface area contributed by atoms with Gasteiger partial charge in [-0.1, -0.05) is 17.4 Å². The number of sulfonamides is 1. The fraction of sp³-hybridized carbons (Fsp3) is 0.360. The van der Waals surface area contributed by atoms with Crippen molar-refractivity contribution in [3.63, 3.8) is 0 Å². The first kappa shape index (κ1) is 27.1. The summed E-state index contributed by atoms with van der Waals surface area (Å²) in [4.78, 5) is 27.7. The number of carbonyl (C=O) groups excluding carboxylic acids is 1. The van der Waals surface area contributed by atoms with E-state index in [-0.39, 0.29) is 40.8 Å². The summed E-state index contributed by atoms with van der Waals surface area (Å²) >= 11 is 0.906. The highest BCUT2D eigenvalue weighted by Gasteiger charge is 2.31. The summed E-state index contributed by atoms with van der Waals surface area (Å²) in [6.07, 6.45) is 2.34. The Hall–Kier alpha value is -3.49. The van der Waals surface area contributed by atoms with Crippen LogP contribution < -0.4 is 16.0 Å². The van der Waals surface area contributed by atoms with E-state index in [1.54, 1.807) is 12.1 Å². The van der Waals surface area contributed by atoms with Crippen LogP contribution in [0.4, 0.5) is 25.5 Å². The second-order valence-electron chi connectivity index (χ2n) is 9.47. The van der Waals surface area contributed by atoms with Gasteiger partial charge in [0.25, 0.3) is 0 Å². The molecule has 1 saturated heterocycles. The number of nitrogens with one attached hydrogen (secondary N) is 1. The van der Waals surface area contributed by atoms with Gasteiger partial charge in [0.2, 0.25) is 15.8 Å². The van der Waals surface area contributed by atoms with Crippen LogP contribution in [-0.4, -0.2) is 66.0 Å². The topological polar surface area (TPSA) is 134 Å². The second kappa shape index (κ2) is 10.6. The summed E-state index contributed by atoms with van der Waals surface area (Å²) in [7, 11) is -3.73. The number of nitrogens with zero attached hydrogens (tertiary/aromatic N) is 5. The molecule has 0 bridgehead atoms. The Kier molecular flexibility index (Phi) is 7.35. The zero-order valence-electron chi connectivity index (χ0n) is 21.3. The summed E-state index contributed by atoms with van der Waals surface area (Å²) in [5.41, 5.74) is 5.20. The van der Waals surface area contributed by atoms with Crippen molar-refractivity contribution in [2.24, 2.45) is 4.99 Å². The van der Waals surface area contributed by atoms with Gasteiger partial charge in [-0.3, -0.25) is 9.79 Å². The first-order valence-corrected chi connectivity index (χ1v) is 14.6. The van der Waals surface area contributed by atoms with Crippen LogP contribution in [-0.2, 0) is 10.0 Å². The fourth-order valence-corrected chi connectivity index (χ4v) is 7.04. The summed E-state index contributed by atoms with van der Waals surface area (Å²) < 4.78 is 56.0. The van der Waals surface area contributed by atoms with Crippen molar-refractivity contribution < 1.29 is 22.0 Å². The number of nitrogen functional groups attached to an aromatic ring is 1. The van der Waals surface area contributed by atoms with Crippen LogP contribution >= 0.6 is 11.3 Å². The maximum absolute atomic E-state index is 14.1. The Bertz CT molecular complexity index is 1520. The molecule has 2 aromatic heterocycles. The molecule has 1 fully saturated rings. The van der Waals surface area contributed by atoms with Crippen LogP contribution in [0.2, 0.25) is 0 Å². The summed E-state index contributed by atoms with van der Waals surface area (Å²) in [6.45, 7) is 5.14. The highest BCUT2D eigenvalue weighted by Crippen LogP contribution is 2.31. The number of piperidine rings is 1. The van der Waals surface area contributed by atoms with E-state index in [4.69, 9.17) is 5.73 Å². The maximum Gasteiger partial charge on any atom is 0.244 e. The molecule has 1 aromatic carbocycles. The van der Waals surface area contributed by atoms with Gasteiger partial charge in [0.05, 0.1) is 11.6 Å². The molecule has 10 nitrogen and oxygen atoms in total. The lowest BCUT2D eigenvalue weighted by molar-refractivity contribution is 0.103. The van der Waals surface area contributed by atoms with Crippen molar-refractivity contribution in [2.75, 3.05) is 35.6 Å². The van der Waals surface area contributed by atoms with E-state index < -0.39 is 33.0 Å². The zero-order valence-corrected chi connectivity index (χ0v) is 22.9. The number of hydrogen-bond acceptors (Lipinski definition) is 10. The Labute approximate surface area is 228 Å². The number of thiazole rings is 1. The highest BCUT2D eigenvalue weighted by molar-refractivity contribution is 7.89. The van der Waals surface area contributed by atoms with Gasteiger partial charge in [0.1, 0.15) is 38.9 Å². The number of nitrogens with two attached hydrogens (primary N) is 1. The molecular weight excluding hydrogens is 548 g/mol. The molecule has 4 heterocycles. The van der Waals surface area contributed by atoms with Crippen LogP contribution in [0, 0.1) is 11.6 Å². The first-order valence-electron chi connectivity index (χ1n) is 12.3. The molecule has 5 rings (SSSR count). The number of aromatic nitrogens is 2. The van der Waals surface area contributed by atoms with Gasteiger partial charge in [-0.2, -0.15) is 4.31 Å². The number of aliphatic imine (C=N–C) groups is 1. The van der Waals surface area contributed by atoms with Gasteiger partial charge < -0.3 is 16.0 Å². The van der Waals surface area contributed by atoms with Gasteiger partial charge in [-0.05, 0) is 51.0 Å². The highest BCUT2D eigenvalue weighted by atomic mass is 32.2. The summed E-state index contributed by atoms with van der Waals surface area (Å²) in [5, 5.41) is 3.50. The molecule has 2 aliphatic rings. The van der Waals surface area contributed by atoms with E-state index in [1.807, 2.05) is 18.7 Å². The molecule has 1 atom stereocenters. The molecule has 0 radical (unpaired) electrons. The molecule has 1 unspecified atom stereocenters. The number of hydrogen-bond donors (Lipinski definition) is 2. The van der Waals surface area contributed by atoms with Crippen molar-refractivity contribution >= 4 is 49.7 Å². The van der Waals surface area contributed by atoms with Crippen molar-refractivity contribution in [3.05, 3.63) is 58.6 Å². The van der Waals surface area contributed by atoms with E-state index >= 15 is 0 Å². The molecule has 39 heavy (non-hydrogen) atoms. The third-order valence-corrected chi connectivity index (χ3v) is 9.59. The number of halogens is 2. The number of carbonyl (C=O) groups is 1. The van der Waals surface area contributed by atoms with Crippen molar-refractivity contribution in [1.29, 1.82) is 0 Å². The van der Waals surface area contributed by atoms with E-state index in [9.17, 15) is 22.0 Å². The average molecular weight is 576 g/mol. The van der Waals surface area contributed by atoms with Crippen LogP contribution in [0.15, 0.2) is 46.4 Å². The van der Waals surface area contributed by atoms with Crippen molar-refractivity contribution in [1.82, 2.24) is 14.3 Å². The van der Waals surface area contributed by atoms with Crippen LogP contribution in [0.25, 0.3) is 0 Å². The van der Waals surface area contributed by atoms with Gasteiger partial charge in [-0.25, -0.2) is 27.2 Å². The number of amidine groups is 1. The molecule has 3 N–H and O–H groups in total. The fourth-order valence-electron chi connectivity index (χ4n) is 4.72. The molecular formula is C25H27F2N7O3S2. The van der Waals surface area contributed by atoms with Gasteiger partial charge >= 0.3 is 0 Å². The summed E-state index contributed by atoms with van der Waals surface area (Å²) in [5.74, 6) is -1.46. The lowest BCUT2D eigenvalue weighted by Gasteiger charge is -2.31. The minimum atomic E-state index is -3.73. The van der Waals surface area contributed by atoms with Crippen molar-refractivity contribution in [3.8, 4) is 0 Å². The minimum Gasteiger partial charge on any atom is -0.382 e. The average Bonchev–Trinajstić information content (AvgIpc) is 3.44. The SMILES string of the molecule is CC1=NC(C)CN1c1ccc(S(=O)(=O)N2CCC(Nc3nc(N)c(C(=O)c4c(F)cccc4F)s3)CC2)cn1. The van der Waals surface area contributed by atoms with Gasteiger partial charge in [-0.15, -0.1) is 0 Å². The molecule has 0 spiro atoms. The quantitative estimate of drug-likeness (QED) is 0.409. The third kappa shape index (κ3) is 5.36. The number of benzene rings is 1. The normalized spacial score (nSPS) is 18.8. The van der Waals surface area contributed by atoms with Crippen LogP contribution in [0.1, 0.15) is 41.9 Å². The van der Waals surface area contributed by atoms with E-state index in [0.717, 1.165) is 29.3 Å². The molecule has 3 aromatic rings. The molecule has 0 saturated carbocycles. The smallest absolute Gasteiger partial charge is 0.244 e. The van der Waals surface area contributed by atoms with E-state index in [0.29, 0.717) is 30.3 Å². The number of ketones is 1. The standard InChI is InChI=1S/C25H27F2N7O3S2/c1-14-13-34(15(2)30-14)20-7-6-17(12-29-20)39(36,37)33-10-8-16(9-11-33)31-25-32-24(28)23(38-25)22(35)21-18(26)4-3-5-19(21)27/h3-7,12,14,16H,8-11,13,28H2,1-2H3,(H,31,32). The number of anilines is 3. The van der Waals surface area contributed by atoms with E-state index in [1.165, 1.54) is 16.6 Å². The van der Waals surface area contributed by atoms with Gasteiger partial charge in [0, 0.05) is 31.9 Å². The lowest BCUT2D eigenvalue weighted by Crippen LogP contribution is -2.42. The van der Waals surface area contributed by atoms with Crippen molar-refractivity contribution in [2.45, 2.75) is 43.7 Å². The predicted molar refractivity (Wildman–Crippen MR) is 146 cm³/mol. The van der Waals surface area contributed by atoms with Crippen LogP contribution in [0.3, 0.4) is 0 Å². The second-order valence-corrected chi connectivity index (χ2v) is 12.4. The molecule has 206 valence electrons. The molecule has 0 aliphatic carbocycles. The molecule has 2 aliphatic heterocycles. The Morgan fingerprint density at radius 3 is 2.44 bits per heavy atom. The van der Waals surface area contributed by atoms with Crippen LogP contribution in [0.5, 0.6) is 0 Å². The Morgan fingerprint density at radius 1 is 1.15 bits per heavy atom. The monoisotopic (exact) mass is 575 g/mol.